The Kier molecular flexibility index (Phi) is 5.99. The Hall–Kier alpha value is 0.286. The number of benzene rings is 1. The summed E-state index contributed by atoms with van der Waals surface area (Å²) in [5.74, 6) is -1.23. The third kappa shape index (κ3) is 3.34. The molecule has 0 unspecified atom stereocenters. The molecule has 1 aromatic carbocycles. The zero-order valence-electron chi connectivity index (χ0n) is 7.77. The van der Waals surface area contributed by atoms with E-state index in [2.05, 4.69) is 0 Å². The number of aliphatic hydroxyl groups excluding tert-OH is 1. The molecule has 1 aromatic rings. The molecule has 0 saturated heterocycles. The van der Waals surface area contributed by atoms with Crippen LogP contribution in [0.2, 0.25) is 0 Å². The average molecular weight is 192 g/mol. The monoisotopic (exact) mass is 192 g/mol. The summed E-state index contributed by atoms with van der Waals surface area (Å²) in [4.78, 5) is 10.2. The van der Waals surface area contributed by atoms with Gasteiger partial charge in [0.25, 0.3) is 0 Å². The first-order chi connectivity index (χ1) is 5.22. The van der Waals surface area contributed by atoms with Crippen molar-refractivity contribution in [1.82, 2.24) is 0 Å². The van der Waals surface area contributed by atoms with Crippen molar-refractivity contribution in [2.24, 2.45) is 0 Å². The van der Waals surface area contributed by atoms with Crippen LogP contribution < -0.4 is 51.4 Å². The van der Waals surface area contributed by atoms with Crippen LogP contribution in [0, 0.1) is 0 Å². The van der Waals surface area contributed by atoms with E-state index in [9.17, 15) is 4.79 Å². The Bertz CT molecular complexity index is 253. The van der Waals surface area contributed by atoms with Gasteiger partial charge in [0.2, 0.25) is 0 Å². The summed E-state index contributed by atoms with van der Waals surface area (Å²) in [6.45, 7) is 0. The molecule has 3 nitrogen and oxygen atoms in total. The van der Waals surface area contributed by atoms with E-state index < -0.39 is 12.1 Å². The van der Waals surface area contributed by atoms with Crippen LogP contribution in [-0.4, -0.2) is 16.2 Å². The molecule has 0 aliphatic carbocycles. The molecule has 4 heteroatoms. The molecule has 0 heterocycles. The van der Waals surface area contributed by atoms with Crippen LogP contribution in [0.15, 0.2) is 30.3 Å². The summed E-state index contributed by atoms with van der Waals surface area (Å²) in [6.07, 6.45) is -1.41. The van der Waals surface area contributed by atoms with Gasteiger partial charge in [-0.2, -0.15) is 0 Å². The maximum Gasteiger partial charge on any atom is 1.00 e. The second-order valence-corrected chi connectivity index (χ2v) is 2.15. The summed E-state index contributed by atoms with van der Waals surface area (Å²) in [6, 6.07) is 8.26. The number of carbonyl (C=O) groups is 1. The Morgan fingerprint density at radius 1 is 1.33 bits per heavy atom. The third-order valence-electron chi connectivity index (χ3n) is 1.35. The van der Waals surface area contributed by atoms with Gasteiger partial charge in [0.15, 0.2) is 6.10 Å². The second kappa shape index (κ2) is 5.85. The molecule has 0 aliphatic heterocycles. The summed E-state index contributed by atoms with van der Waals surface area (Å²) < 4.78 is 0. The molecule has 0 radical (unpaired) electrons. The molecular weight excluding hydrogens is 183 g/mol. The topological polar surface area (TPSA) is 57.5 Å². The molecule has 0 amide bonds. The van der Waals surface area contributed by atoms with E-state index in [0.717, 1.165) is 0 Å². The average Bonchev–Trinajstić information content (AvgIpc) is 2.05. The van der Waals surface area contributed by atoms with E-state index in [0.29, 0.717) is 5.56 Å². The van der Waals surface area contributed by atoms with E-state index in [4.69, 9.17) is 10.2 Å². The maximum atomic E-state index is 10.2. The van der Waals surface area contributed by atoms with Gasteiger partial charge in [-0.1, -0.05) is 30.3 Å². The van der Waals surface area contributed by atoms with E-state index >= 15 is 0 Å². The van der Waals surface area contributed by atoms with E-state index in [1.165, 1.54) is 0 Å². The van der Waals surface area contributed by atoms with Gasteiger partial charge in [-0.15, -0.1) is 0 Å². The number of carboxylic acids is 1. The summed E-state index contributed by atoms with van der Waals surface area (Å²) >= 11 is 0. The number of aliphatic carboxylic acids is 1. The van der Waals surface area contributed by atoms with Crippen molar-refractivity contribution in [3.63, 3.8) is 0 Å². The van der Waals surface area contributed by atoms with Crippen LogP contribution in [0.25, 0.3) is 0 Å². The van der Waals surface area contributed by atoms with Crippen LogP contribution in [0.5, 0.6) is 0 Å². The van der Waals surface area contributed by atoms with Gasteiger partial charge in [-0.05, 0) is 5.56 Å². The molecular formula is C8H9KO3. The number of carboxylic acid groups (broad SMARTS) is 1. The smallest absolute Gasteiger partial charge is 1.00 e. The Morgan fingerprint density at radius 2 is 1.83 bits per heavy atom. The van der Waals surface area contributed by atoms with Crippen LogP contribution in [0.1, 0.15) is 13.1 Å². The molecule has 2 N–H and O–H groups in total. The number of hydrogen-bond donors (Lipinski definition) is 2. The van der Waals surface area contributed by atoms with Crippen molar-refractivity contribution >= 4 is 5.97 Å². The van der Waals surface area contributed by atoms with Crippen molar-refractivity contribution in [2.45, 2.75) is 6.10 Å². The van der Waals surface area contributed by atoms with E-state index in [1.54, 1.807) is 30.3 Å². The molecule has 0 aromatic heterocycles. The van der Waals surface area contributed by atoms with Gasteiger partial charge in [-0.25, -0.2) is 4.79 Å². The first-order valence-electron chi connectivity index (χ1n) is 3.17. The standard InChI is InChI=1S/C8H8O3.K.H/c9-7(8(10)11)6-4-2-1-3-5-6;;/h1-5,7,9H,(H,10,11);;/q;+1;-1/t7-;;/m1../s1. The first kappa shape index (κ1) is 12.3. The van der Waals surface area contributed by atoms with Crippen LogP contribution in [0.4, 0.5) is 0 Å². The Labute approximate surface area is 114 Å². The normalized spacial score (nSPS) is 11.4. The van der Waals surface area contributed by atoms with Gasteiger partial charge in [0.05, 0.1) is 0 Å². The molecule has 1 atom stereocenters. The zero-order valence-corrected chi connectivity index (χ0v) is 9.89. The van der Waals surface area contributed by atoms with Gasteiger partial charge >= 0.3 is 57.4 Å². The van der Waals surface area contributed by atoms with Crippen molar-refractivity contribution in [3.8, 4) is 0 Å². The van der Waals surface area contributed by atoms with Crippen LogP contribution in [0.3, 0.4) is 0 Å². The molecule has 0 aliphatic rings. The summed E-state index contributed by atoms with van der Waals surface area (Å²) in [5.41, 5.74) is 0.403. The Balaban J connectivity index is 0. The minimum Gasteiger partial charge on any atom is -1.00 e. The molecule has 12 heavy (non-hydrogen) atoms. The number of aliphatic hydroxyl groups is 1. The predicted molar refractivity (Wildman–Crippen MR) is 40.1 cm³/mol. The minimum atomic E-state index is -1.41. The van der Waals surface area contributed by atoms with Gasteiger partial charge in [0, 0.05) is 0 Å². The fourth-order valence-electron chi connectivity index (χ4n) is 0.778. The largest absolute Gasteiger partial charge is 1.00 e. The minimum absolute atomic E-state index is 0. The predicted octanol–water partition coefficient (Wildman–Crippen LogP) is -2.08. The Morgan fingerprint density at radius 3 is 2.25 bits per heavy atom. The summed E-state index contributed by atoms with van der Waals surface area (Å²) in [7, 11) is 0. The fraction of sp³-hybridized carbons (Fsp3) is 0.125. The van der Waals surface area contributed by atoms with Crippen LogP contribution >= 0.6 is 0 Å². The number of hydrogen-bond acceptors (Lipinski definition) is 2. The van der Waals surface area contributed by atoms with Crippen LogP contribution in [-0.2, 0) is 4.79 Å². The second-order valence-electron chi connectivity index (χ2n) is 2.15. The first-order valence-corrected chi connectivity index (χ1v) is 3.17. The molecule has 0 bridgehead atoms. The molecule has 0 saturated carbocycles. The molecule has 0 fully saturated rings. The van der Waals surface area contributed by atoms with Crippen molar-refractivity contribution < 1.29 is 67.8 Å². The molecule has 0 spiro atoms. The van der Waals surface area contributed by atoms with Gasteiger partial charge < -0.3 is 11.6 Å². The van der Waals surface area contributed by atoms with Crippen molar-refractivity contribution in [2.75, 3.05) is 0 Å². The van der Waals surface area contributed by atoms with E-state index in [1.807, 2.05) is 0 Å². The quantitative estimate of drug-likeness (QED) is 0.529. The van der Waals surface area contributed by atoms with Gasteiger partial charge in [0.1, 0.15) is 0 Å². The molecule has 1 rings (SSSR count). The SMILES string of the molecule is O=C(O)[C@H](O)c1ccccc1.[H-].[K+]. The van der Waals surface area contributed by atoms with Crippen molar-refractivity contribution in [3.05, 3.63) is 35.9 Å². The van der Waals surface area contributed by atoms with Gasteiger partial charge in [-0.3, -0.25) is 0 Å². The summed E-state index contributed by atoms with van der Waals surface area (Å²) in [5, 5.41) is 17.4. The van der Waals surface area contributed by atoms with E-state index in [-0.39, 0.29) is 52.8 Å². The zero-order chi connectivity index (χ0) is 8.27. The molecule has 60 valence electrons. The van der Waals surface area contributed by atoms with Crippen molar-refractivity contribution in [1.29, 1.82) is 0 Å². The fourth-order valence-corrected chi connectivity index (χ4v) is 0.778. The third-order valence-corrected chi connectivity index (χ3v) is 1.35. The number of rotatable bonds is 2. The maximum absolute atomic E-state index is 10.2.